The molecule has 2 rings (SSSR count). The van der Waals surface area contributed by atoms with Crippen molar-refractivity contribution in [3.05, 3.63) is 24.0 Å². The zero-order chi connectivity index (χ0) is 16.5. The number of rotatable bonds is 4. The van der Waals surface area contributed by atoms with Crippen molar-refractivity contribution in [3.8, 4) is 0 Å². The van der Waals surface area contributed by atoms with E-state index in [0.29, 0.717) is 12.1 Å². The Labute approximate surface area is 133 Å². The molecule has 0 aliphatic carbocycles. The van der Waals surface area contributed by atoms with Crippen LogP contribution in [-0.2, 0) is 9.53 Å². The van der Waals surface area contributed by atoms with Crippen molar-refractivity contribution >= 4 is 39.6 Å². The van der Waals surface area contributed by atoms with E-state index in [1.54, 1.807) is 19.1 Å². The molecule has 0 saturated carbocycles. The second-order valence-corrected chi connectivity index (χ2v) is 20.7. The molecule has 1 saturated heterocycles. The standard InChI is InChI=1S/C12H12FN2O3.3CH3.Sn/c1-2-10(16)14-11-7-15(12(17)18-11)9-5-3-4-8(13)6-9;;;;/h3,5-6,11H,2,7H2,1H3,(H,14,16);3*1H3;. The fourth-order valence-corrected chi connectivity index (χ4v) is 6.23. The third-order valence-corrected chi connectivity index (χ3v) is 9.30. The van der Waals surface area contributed by atoms with Crippen molar-refractivity contribution in [3.63, 3.8) is 0 Å². The van der Waals surface area contributed by atoms with Crippen LogP contribution in [0.25, 0.3) is 0 Å². The first-order valence-corrected chi connectivity index (χ1v) is 17.3. The van der Waals surface area contributed by atoms with Gasteiger partial charge in [-0.15, -0.1) is 0 Å². The zero-order valence-electron chi connectivity index (χ0n) is 13.3. The minimum atomic E-state index is -2.51. The van der Waals surface area contributed by atoms with Crippen LogP contribution in [0.1, 0.15) is 13.3 Å². The van der Waals surface area contributed by atoms with E-state index in [2.05, 4.69) is 20.1 Å². The number of halogens is 1. The Hall–Kier alpha value is -1.31. The van der Waals surface area contributed by atoms with Gasteiger partial charge in [-0.25, -0.2) is 0 Å². The molecule has 0 spiro atoms. The second-order valence-electron chi connectivity index (χ2n) is 6.32. The van der Waals surface area contributed by atoms with Crippen LogP contribution in [0.5, 0.6) is 0 Å². The van der Waals surface area contributed by atoms with Crippen LogP contribution in [-0.4, -0.2) is 43.2 Å². The summed E-state index contributed by atoms with van der Waals surface area (Å²) in [4.78, 5) is 31.0. The van der Waals surface area contributed by atoms with Crippen molar-refractivity contribution in [1.82, 2.24) is 5.32 Å². The Morgan fingerprint density at radius 2 is 2.14 bits per heavy atom. The molecule has 1 aliphatic rings. The molecule has 1 aromatic rings. The second kappa shape index (κ2) is 6.44. The Balaban J connectivity index is 2.17. The van der Waals surface area contributed by atoms with E-state index in [1.165, 1.54) is 11.0 Å². The van der Waals surface area contributed by atoms with E-state index >= 15 is 0 Å². The quantitative estimate of drug-likeness (QED) is 0.768. The Morgan fingerprint density at radius 1 is 1.45 bits per heavy atom. The summed E-state index contributed by atoms with van der Waals surface area (Å²) in [7, 11) is 0. The van der Waals surface area contributed by atoms with Gasteiger partial charge in [-0.05, 0) is 0 Å². The predicted molar refractivity (Wildman–Crippen MR) is 85.4 cm³/mol. The van der Waals surface area contributed by atoms with E-state index in [0.717, 1.165) is 3.58 Å². The van der Waals surface area contributed by atoms with Gasteiger partial charge in [0, 0.05) is 0 Å². The summed E-state index contributed by atoms with van der Waals surface area (Å²) in [6.07, 6.45) is -0.951. The first-order valence-electron chi connectivity index (χ1n) is 7.30. The van der Waals surface area contributed by atoms with Gasteiger partial charge in [0.25, 0.3) is 0 Å². The van der Waals surface area contributed by atoms with Crippen molar-refractivity contribution < 1.29 is 18.7 Å². The van der Waals surface area contributed by atoms with Gasteiger partial charge < -0.3 is 0 Å². The third-order valence-electron chi connectivity index (χ3n) is 3.53. The SMILES string of the molecule is CCC(=O)NC1CN(c2cc[c]([Sn]([CH3])([CH3])[CH3])c(F)c2)C(=O)O1. The Morgan fingerprint density at radius 3 is 2.68 bits per heavy atom. The van der Waals surface area contributed by atoms with Crippen molar-refractivity contribution in [2.24, 2.45) is 0 Å². The first-order chi connectivity index (χ1) is 10.2. The average molecular weight is 415 g/mol. The summed E-state index contributed by atoms with van der Waals surface area (Å²) in [5.74, 6) is -0.461. The molecule has 1 unspecified atom stereocenters. The number of anilines is 1. The van der Waals surface area contributed by atoms with Crippen molar-refractivity contribution in [1.29, 1.82) is 0 Å². The Bertz CT molecular complexity index is 601. The van der Waals surface area contributed by atoms with Crippen LogP contribution >= 0.6 is 0 Å². The monoisotopic (exact) mass is 416 g/mol. The summed E-state index contributed by atoms with van der Waals surface area (Å²) >= 11 is -2.51. The van der Waals surface area contributed by atoms with Gasteiger partial charge in [0.1, 0.15) is 0 Å². The van der Waals surface area contributed by atoms with Gasteiger partial charge in [-0.2, -0.15) is 0 Å². The molecule has 0 radical (unpaired) electrons. The van der Waals surface area contributed by atoms with Crippen molar-refractivity contribution in [2.75, 3.05) is 11.4 Å². The molecule has 1 fully saturated rings. The Kier molecular flexibility index (Phi) is 4.99. The summed E-state index contributed by atoms with van der Waals surface area (Å²) in [5, 5.41) is 2.60. The molecule has 5 nitrogen and oxygen atoms in total. The van der Waals surface area contributed by atoms with Gasteiger partial charge in [0.2, 0.25) is 0 Å². The van der Waals surface area contributed by atoms with Gasteiger partial charge in [0.05, 0.1) is 0 Å². The fourth-order valence-electron chi connectivity index (χ4n) is 2.31. The molecule has 1 N–H and O–H groups in total. The summed E-state index contributed by atoms with van der Waals surface area (Å²) in [6, 6.07) is 4.89. The van der Waals surface area contributed by atoms with E-state index in [1.807, 2.05) is 0 Å². The number of nitrogens with one attached hydrogen (secondary N) is 1. The van der Waals surface area contributed by atoms with E-state index in [9.17, 15) is 14.0 Å². The number of hydrogen-bond acceptors (Lipinski definition) is 3. The zero-order valence-corrected chi connectivity index (χ0v) is 16.1. The molecular formula is C15H21FN2O3Sn. The third kappa shape index (κ3) is 3.71. The molecule has 1 atom stereocenters. The van der Waals surface area contributed by atoms with E-state index in [4.69, 9.17) is 4.74 Å². The molecule has 120 valence electrons. The maximum absolute atomic E-state index is 14.3. The van der Waals surface area contributed by atoms with Crippen LogP contribution in [0.15, 0.2) is 18.2 Å². The molecule has 1 heterocycles. The summed E-state index contributed by atoms with van der Waals surface area (Å²) in [6.45, 7) is 1.90. The van der Waals surface area contributed by atoms with Gasteiger partial charge in [0.15, 0.2) is 0 Å². The number of ether oxygens (including phenoxy) is 1. The number of cyclic esters (lactones) is 1. The maximum atomic E-state index is 14.3. The first kappa shape index (κ1) is 17.0. The van der Waals surface area contributed by atoms with Crippen LogP contribution in [0.2, 0.25) is 14.8 Å². The molecular weight excluding hydrogens is 394 g/mol. The number of benzene rings is 1. The minimum absolute atomic E-state index is 0.183. The van der Waals surface area contributed by atoms with Crippen LogP contribution in [0.4, 0.5) is 14.9 Å². The van der Waals surface area contributed by atoms with Gasteiger partial charge >= 0.3 is 134 Å². The predicted octanol–water partition coefficient (Wildman–Crippen LogP) is 2.18. The summed E-state index contributed by atoms with van der Waals surface area (Å²) < 4.78 is 20.2. The molecule has 1 aromatic carbocycles. The fraction of sp³-hybridized carbons (Fsp3) is 0.467. The average Bonchev–Trinajstić information content (AvgIpc) is 2.77. The number of carbonyl (C=O) groups is 2. The van der Waals surface area contributed by atoms with E-state index < -0.39 is 30.7 Å². The molecule has 0 bridgehead atoms. The molecule has 22 heavy (non-hydrogen) atoms. The normalized spacial score (nSPS) is 18.3. The number of hydrogen-bond donors (Lipinski definition) is 1. The number of nitrogens with zero attached hydrogens (tertiary/aromatic N) is 1. The van der Waals surface area contributed by atoms with E-state index in [-0.39, 0.29) is 18.3 Å². The number of carbonyl (C=O) groups excluding carboxylic acids is 2. The molecule has 7 heteroatoms. The van der Waals surface area contributed by atoms with Crippen LogP contribution < -0.4 is 13.8 Å². The van der Waals surface area contributed by atoms with Crippen LogP contribution in [0.3, 0.4) is 0 Å². The van der Waals surface area contributed by atoms with Gasteiger partial charge in [-0.1, -0.05) is 0 Å². The molecule has 0 aromatic heterocycles. The van der Waals surface area contributed by atoms with Crippen molar-refractivity contribution in [2.45, 2.75) is 34.4 Å². The van der Waals surface area contributed by atoms with Crippen LogP contribution in [0, 0.1) is 5.82 Å². The topological polar surface area (TPSA) is 58.6 Å². The van der Waals surface area contributed by atoms with Gasteiger partial charge in [-0.3, -0.25) is 0 Å². The number of amides is 2. The molecule has 2 amide bonds. The summed E-state index contributed by atoms with van der Waals surface area (Å²) in [5.41, 5.74) is 0.454. The molecule has 1 aliphatic heterocycles.